The van der Waals surface area contributed by atoms with E-state index in [-0.39, 0.29) is 31.1 Å². The maximum Gasteiger partial charge on any atom is 0.306 e. The van der Waals surface area contributed by atoms with E-state index in [9.17, 15) is 14.4 Å². The predicted octanol–water partition coefficient (Wildman–Crippen LogP) is 23.9. The molecule has 0 rings (SSSR count). The van der Waals surface area contributed by atoms with Crippen LogP contribution in [0.2, 0.25) is 0 Å². The van der Waals surface area contributed by atoms with Crippen LogP contribution in [0.25, 0.3) is 0 Å². The van der Waals surface area contributed by atoms with Crippen LogP contribution in [0.3, 0.4) is 0 Å². The summed E-state index contributed by atoms with van der Waals surface area (Å²) in [4.78, 5) is 38.3. The van der Waals surface area contributed by atoms with Crippen molar-refractivity contribution >= 4 is 17.9 Å². The SMILES string of the molecule is CC/C=C\C/C=C\C/C=C\C/C=C\CCCCCCCCCCC(=O)OC(COC(=O)CCCCCCC/C=C\CCCC)COC(=O)CCCCCCCCCCCCCCCCCCCCCCCCCCCCCCC. The Morgan fingerprint density at radius 1 is 0.266 bits per heavy atom. The number of hydrogen-bond acceptors (Lipinski definition) is 6. The van der Waals surface area contributed by atoms with E-state index < -0.39 is 6.10 Å². The Morgan fingerprint density at radius 2 is 0.506 bits per heavy atom. The van der Waals surface area contributed by atoms with Crippen molar-refractivity contribution in [3.8, 4) is 0 Å². The lowest BCUT2D eigenvalue weighted by atomic mass is 10.0. The molecule has 0 saturated carbocycles. The summed E-state index contributed by atoms with van der Waals surface area (Å²) in [7, 11) is 0. The van der Waals surface area contributed by atoms with Gasteiger partial charge in [-0.3, -0.25) is 14.4 Å². The van der Waals surface area contributed by atoms with Gasteiger partial charge in [-0.25, -0.2) is 0 Å². The summed E-state index contributed by atoms with van der Waals surface area (Å²) in [5.41, 5.74) is 0. The highest BCUT2D eigenvalue weighted by molar-refractivity contribution is 5.71. The number of allylic oxidation sites excluding steroid dienone is 10. The van der Waals surface area contributed by atoms with Crippen molar-refractivity contribution in [3.05, 3.63) is 60.8 Å². The van der Waals surface area contributed by atoms with Gasteiger partial charge in [0.2, 0.25) is 0 Å². The molecule has 6 nitrogen and oxygen atoms in total. The fourth-order valence-corrected chi connectivity index (χ4v) is 10.3. The van der Waals surface area contributed by atoms with Crippen molar-refractivity contribution in [2.45, 2.75) is 374 Å². The molecule has 0 N–H and O–H groups in total. The van der Waals surface area contributed by atoms with Crippen molar-refractivity contribution < 1.29 is 28.6 Å². The van der Waals surface area contributed by atoms with E-state index in [4.69, 9.17) is 14.2 Å². The second kappa shape index (κ2) is 67.6. The van der Waals surface area contributed by atoms with Gasteiger partial charge in [0.15, 0.2) is 6.10 Å². The van der Waals surface area contributed by atoms with Gasteiger partial charge in [0, 0.05) is 19.3 Å². The normalized spacial score (nSPS) is 12.4. The minimum Gasteiger partial charge on any atom is -0.462 e. The third kappa shape index (κ3) is 65.8. The largest absolute Gasteiger partial charge is 0.462 e. The van der Waals surface area contributed by atoms with E-state index in [0.29, 0.717) is 19.3 Å². The highest BCUT2D eigenvalue weighted by Gasteiger charge is 2.19. The highest BCUT2D eigenvalue weighted by Crippen LogP contribution is 2.18. The Labute approximate surface area is 491 Å². The summed E-state index contributed by atoms with van der Waals surface area (Å²) in [6, 6.07) is 0. The second-order valence-corrected chi connectivity index (χ2v) is 23.4. The van der Waals surface area contributed by atoms with Gasteiger partial charge >= 0.3 is 17.9 Å². The van der Waals surface area contributed by atoms with Crippen molar-refractivity contribution in [2.24, 2.45) is 0 Å². The molecule has 1 unspecified atom stereocenters. The Hall–Kier alpha value is -2.89. The molecule has 0 spiro atoms. The molecular formula is C73H132O6. The van der Waals surface area contributed by atoms with Gasteiger partial charge in [-0.2, -0.15) is 0 Å². The van der Waals surface area contributed by atoms with Gasteiger partial charge in [0.25, 0.3) is 0 Å². The molecule has 1 atom stereocenters. The molecule has 0 radical (unpaired) electrons. The van der Waals surface area contributed by atoms with Gasteiger partial charge in [-0.05, 0) is 77.0 Å². The quantitative estimate of drug-likeness (QED) is 0.0261. The number of carbonyl (C=O) groups excluding carboxylic acids is 3. The fraction of sp³-hybridized carbons (Fsp3) is 0.822. The summed E-state index contributed by atoms with van der Waals surface area (Å²) in [6.07, 6.45) is 86.9. The van der Waals surface area contributed by atoms with Gasteiger partial charge < -0.3 is 14.2 Å². The number of ether oxygens (including phenoxy) is 3. The molecule has 0 saturated heterocycles. The average Bonchev–Trinajstić information content (AvgIpc) is 3.45. The number of hydrogen-bond donors (Lipinski definition) is 0. The standard InChI is InChI=1S/C73H132O6/c1-4-7-10-13-16-19-22-24-26-28-30-32-33-34-35-36-37-38-39-41-42-44-46-48-51-54-57-60-63-66-72(75)78-69-70(68-77-71(74)65-62-59-56-53-50-21-18-15-12-9-6-3)79-73(76)67-64-61-58-55-52-49-47-45-43-40-31-29-27-25-23-20-17-14-11-8-5-2/h8,11,15,17-18,20,25,27,31,40,70H,4-7,9-10,12-14,16,19,21-24,26,28-30,32-39,41-69H2,1-3H3/b11-8-,18-15-,20-17-,27-25-,40-31-. The minimum absolute atomic E-state index is 0.0768. The molecule has 0 fully saturated rings. The zero-order valence-electron chi connectivity index (χ0n) is 52.9. The first-order valence-corrected chi connectivity index (χ1v) is 34.8. The summed E-state index contributed by atoms with van der Waals surface area (Å²) < 4.78 is 16.9. The molecule has 79 heavy (non-hydrogen) atoms. The molecule has 0 aromatic carbocycles. The number of rotatable bonds is 64. The van der Waals surface area contributed by atoms with Crippen LogP contribution < -0.4 is 0 Å². The highest BCUT2D eigenvalue weighted by atomic mass is 16.6. The minimum atomic E-state index is -0.781. The fourth-order valence-electron chi connectivity index (χ4n) is 10.3. The van der Waals surface area contributed by atoms with Crippen LogP contribution >= 0.6 is 0 Å². The summed E-state index contributed by atoms with van der Waals surface area (Å²) >= 11 is 0. The zero-order valence-corrected chi connectivity index (χ0v) is 52.9. The maximum absolute atomic E-state index is 12.9. The average molecular weight is 1110 g/mol. The van der Waals surface area contributed by atoms with Gasteiger partial charge in [-0.1, -0.05) is 332 Å². The van der Waals surface area contributed by atoms with E-state index in [2.05, 4.69) is 81.5 Å². The molecule has 0 aliphatic rings. The molecule has 0 aliphatic carbocycles. The van der Waals surface area contributed by atoms with E-state index in [1.54, 1.807) is 0 Å². The van der Waals surface area contributed by atoms with Crippen LogP contribution in [0.1, 0.15) is 367 Å². The Kier molecular flexibility index (Phi) is 65.1. The molecule has 6 heteroatoms. The van der Waals surface area contributed by atoms with Crippen LogP contribution in [0.15, 0.2) is 60.8 Å². The molecule has 0 aliphatic heterocycles. The molecular weight excluding hydrogens is 973 g/mol. The Balaban J connectivity index is 4.16. The van der Waals surface area contributed by atoms with Crippen molar-refractivity contribution in [1.29, 1.82) is 0 Å². The topological polar surface area (TPSA) is 78.9 Å². The molecule has 0 aromatic rings. The van der Waals surface area contributed by atoms with Gasteiger partial charge in [0.1, 0.15) is 13.2 Å². The van der Waals surface area contributed by atoms with Crippen LogP contribution in [-0.2, 0) is 28.6 Å². The van der Waals surface area contributed by atoms with Crippen molar-refractivity contribution in [2.75, 3.05) is 13.2 Å². The smallest absolute Gasteiger partial charge is 0.306 e. The Bertz CT molecular complexity index is 1410. The second-order valence-electron chi connectivity index (χ2n) is 23.4. The first-order chi connectivity index (χ1) is 39.0. The van der Waals surface area contributed by atoms with E-state index in [1.807, 2.05) is 0 Å². The monoisotopic (exact) mass is 1110 g/mol. The van der Waals surface area contributed by atoms with E-state index >= 15 is 0 Å². The van der Waals surface area contributed by atoms with E-state index in [0.717, 1.165) is 96.3 Å². The molecule has 0 bridgehead atoms. The third-order valence-electron chi connectivity index (χ3n) is 15.5. The summed E-state index contributed by atoms with van der Waals surface area (Å²) in [6.45, 7) is 6.53. The third-order valence-corrected chi connectivity index (χ3v) is 15.5. The van der Waals surface area contributed by atoms with Crippen LogP contribution in [-0.4, -0.2) is 37.2 Å². The number of unbranched alkanes of at least 4 members (excludes halogenated alkanes) is 43. The predicted molar refractivity (Wildman–Crippen MR) is 344 cm³/mol. The lowest BCUT2D eigenvalue weighted by Gasteiger charge is -2.18. The van der Waals surface area contributed by atoms with Crippen molar-refractivity contribution in [1.82, 2.24) is 0 Å². The van der Waals surface area contributed by atoms with Crippen LogP contribution in [0, 0.1) is 0 Å². The lowest BCUT2D eigenvalue weighted by molar-refractivity contribution is -0.167. The number of esters is 3. The Morgan fingerprint density at radius 3 is 0.823 bits per heavy atom. The number of carbonyl (C=O) groups is 3. The van der Waals surface area contributed by atoms with Crippen molar-refractivity contribution in [3.63, 3.8) is 0 Å². The zero-order chi connectivity index (χ0) is 57.1. The summed E-state index contributed by atoms with van der Waals surface area (Å²) in [5, 5.41) is 0. The lowest BCUT2D eigenvalue weighted by Crippen LogP contribution is -2.30. The van der Waals surface area contributed by atoms with Crippen LogP contribution in [0.4, 0.5) is 0 Å². The van der Waals surface area contributed by atoms with Crippen LogP contribution in [0.5, 0.6) is 0 Å². The first kappa shape index (κ1) is 76.1. The molecule has 0 heterocycles. The first-order valence-electron chi connectivity index (χ1n) is 34.8. The molecule has 0 amide bonds. The van der Waals surface area contributed by atoms with Gasteiger partial charge in [0.05, 0.1) is 0 Å². The molecule has 0 aromatic heterocycles. The maximum atomic E-state index is 12.9. The summed E-state index contributed by atoms with van der Waals surface area (Å²) in [5.74, 6) is -0.875. The molecule has 460 valence electrons. The van der Waals surface area contributed by atoms with E-state index in [1.165, 1.54) is 231 Å². The van der Waals surface area contributed by atoms with Gasteiger partial charge in [-0.15, -0.1) is 0 Å².